The molecule has 1 aliphatic carbocycles. The number of carbonyl (C=O) groups is 1. The van der Waals surface area contributed by atoms with Gasteiger partial charge in [-0.1, -0.05) is 20.3 Å². The average Bonchev–Trinajstić information content (AvgIpc) is 2.71. The smallest absolute Gasteiger partial charge is 0.253 e. The van der Waals surface area contributed by atoms with Crippen molar-refractivity contribution < 1.29 is 4.79 Å². The highest BCUT2D eigenvalue weighted by Gasteiger charge is 2.32. The van der Waals surface area contributed by atoms with E-state index in [0.29, 0.717) is 17.2 Å². The molecule has 2 rings (SSSR count). The zero-order valence-corrected chi connectivity index (χ0v) is 11.0. The molecule has 3 N–H and O–H groups in total. The number of nitrogens with one attached hydrogen (secondary N) is 1. The van der Waals surface area contributed by atoms with Gasteiger partial charge in [0.2, 0.25) is 0 Å². The van der Waals surface area contributed by atoms with Crippen LogP contribution < -0.4 is 11.1 Å². The summed E-state index contributed by atoms with van der Waals surface area (Å²) < 4.78 is 0. The van der Waals surface area contributed by atoms with E-state index in [2.05, 4.69) is 24.1 Å². The van der Waals surface area contributed by atoms with Crippen molar-refractivity contribution in [2.24, 2.45) is 11.8 Å². The summed E-state index contributed by atoms with van der Waals surface area (Å²) >= 11 is 0. The van der Waals surface area contributed by atoms with Crippen molar-refractivity contribution in [1.29, 1.82) is 0 Å². The quantitative estimate of drug-likeness (QED) is 0.860. The molecule has 18 heavy (non-hydrogen) atoms. The minimum atomic E-state index is -0.0801. The summed E-state index contributed by atoms with van der Waals surface area (Å²) in [5.74, 6) is 1.19. The molecule has 3 atom stereocenters. The molecule has 0 saturated heterocycles. The van der Waals surface area contributed by atoms with Crippen LogP contribution in [0, 0.1) is 11.8 Å². The first kappa shape index (κ1) is 12.9. The average molecular weight is 247 g/mol. The van der Waals surface area contributed by atoms with Gasteiger partial charge in [-0.15, -0.1) is 0 Å². The van der Waals surface area contributed by atoms with E-state index < -0.39 is 0 Å². The number of nitrogens with two attached hydrogens (primary N) is 1. The third-order valence-corrected chi connectivity index (χ3v) is 4.16. The summed E-state index contributed by atoms with van der Waals surface area (Å²) in [6.45, 7) is 4.44. The zero-order valence-electron chi connectivity index (χ0n) is 11.0. The molecule has 98 valence electrons. The van der Waals surface area contributed by atoms with Crippen LogP contribution in [0.15, 0.2) is 18.5 Å². The molecule has 1 aliphatic rings. The second kappa shape index (κ2) is 5.38. The van der Waals surface area contributed by atoms with Crippen molar-refractivity contribution in [3.63, 3.8) is 0 Å². The first-order valence-electron chi connectivity index (χ1n) is 6.63. The number of carbonyl (C=O) groups excluding carboxylic acids is 1. The van der Waals surface area contributed by atoms with Gasteiger partial charge in [-0.25, -0.2) is 0 Å². The van der Waals surface area contributed by atoms with E-state index in [0.717, 1.165) is 12.3 Å². The molecule has 1 amide bonds. The van der Waals surface area contributed by atoms with Crippen molar-refractivity contribution >= 4 is 11.6 Å². The summed E-state index contributed by atoms with van der Waals surface area (Å²) in [5, 5.41) is 3.10. The Labute approximate surface area is 108 Å². The van der Waals surface area contributed by atoms with E-state index in [1.165, 1.54) is 19.0 Å². The molecule has 3 unspecified atom stereocenters. The second-order valence-electron chi connectivity index (χ2n) is 5.15. The highest BCUT2D eigenvalue weighted by molar-refractivity contribution is 5.99. The predicted molar refractivity (Wildman–Crippen MR) is 72.1 cm³/mol. The van der Waals surface area contributed by atoms with Crippen LogP contribution in [-0.4, -0.2) is 16.9 Å². The molecule has 1 heterocycles. The van der Waals surface area contributed by atoms with Crippen LogP contribution >= 0.6 is 0 Å². The first-order valence-corrected chi connectivity index (χ1v) is 6.63. The van der Waals surface area contributed by atoms with Gasteiger partial charge in [-0.05, 0) is 30.7 Å². The number of hydrogen-bond acceptors (Lipinski definition) is 3. The number of anilines is 1. The van der Waals surface area contributed by atoms with Crippen LogP contribution in [0.2, 0.25) is 0 Å². The van der Waals surface area contributed by atoms with Gasteiger partial charge in [0, 0.05) is 12.2 Å². The van der Waals surface area contributed by atoms with Crippen molar-refractivity contribution in [3.05, 3.63) is 24.0 Å². The van der Waals surface area contributed by atoms with E-state index in [9.17, 15) is 4.79 Å². The highest BCUT2D eigenvalue weighted by Crippen LogP contribution is 2.34. The van der Waals surface area contributed by atoms with Crippen molar-refractivity contribution in [3.8, 4) is 0 Å². The number of pyridine rings is 1. The van der Waals surface area contributed by atoms with Crippen molar-refractivity contribution in [2.45, 2.75) is 39.2 Å². The molecule has 0 aromatic carbocycles. The lowest BCUT2D eigenvalue weighted by molar-refractivity contribution is 0.0927. The molecule has 0 bridgehead atoms. The summed E-state index contributed by atoms with van der Waals surface area (Å²) in [6, 6.07) is 1.94. The van der Waals surface area contributed by atoms with Crippen molar-refractivity contribution in [1.82, 2.24) is 10.3 Å². The molecule has 1 aromatic heterocycles. The molecule has 0 aliphatic heterocycles. The van der Waals surface area contributed by atoms with Crippen LogP contribution in [0.3, 0.4) is 0 Å². The van der Waals surface area contributed by atoms with Crippen LogP contribution in [0.5, 0.6) is 0 Å². The molecule has 4 nitrogen and oxygen atoms in total. The Morgan fingerprint density at radius 3 is 2.94 bits per heavy atom. The Bertz CT molecular complexity index is 433. The van der Waals surface area contributed by atoms with Gasteiger partial charge in [-0.3, -0.25) is 9.78 Å². The first-order chi connectivity index (χ1) is 8.63. The molecule has 0 spiro atoms. The summed E-state index contributed by atoms with van der Waals surface area (Å²) in [5.41, 5.74) is 6.72. The second-order valence-corrected chi connectivity index (χ2v) is 5.15. The SMILES string of the molecule is CCC1CCC(NC(=O)c2ccncc2N)C1C. The Balaban J connectivity index is 2.03. The van der Waals surface area contributed by atoms with Gasteiger partial charge in [0.15, 0.2) is 0 Å². The van der Waals surface area contributed by atoms with Crippen LogP contribution in [0.25, 0.3) is 0 Å². The van der Waals surface area contributed by atoms with Crippen LogP contribution in [0.4, 0.5) is 5.69 Å². The Kier molecular flexibility index (Phi) is 3.84. The van der Waals surface area contributed by atoms with Crippen molar-refractivity contribution in [2.75, 3.05) is 5.73 Å². The van der Waals surface area contributed by atoms with Gasteiger partial charge in [0.05, 0.1) is 17.4 Å². The fraction of sp³-hybridized carbons (Fsp3) is 0.571. The molecule has 1 fully saturated rings. The largest absolute Gasteiger partial charge is 0.397 e. The molecule has 4 heteroatoms. The maximum absolute atomic E-state index is 12.1. The van der Waals surface area contributed by atoms with E-state index in [-0.39, 0.29) is 11.9 Å². The molecular formula is C14H21N3O. The monoisotopic (exact) mass is 247 g/mol. The molecule has 0 radical (unpaired) electrons. The highest BCUT2D eigenvalue weighted by atomic mass is 16.1. The minimum Gasteiger partial charge on any atom is -0.397 e. The number of amides is 1. The lowest BCUT2D eigenvalue weighted by Gasteiger charge is -2.21. The van der Waals surface area contributed by atoms with Crippen LogP contribution in [0.1, 0.15) is 43.5 Å². The topological polar surface area (TPSA) is 68.0 Å². The molecule has 1 saturated carbocycles. The Hall–Kier alpha value is -1.58. The van der Waals surface area contributed by atoms with Gasteiger partial charge in [-0.2, -0.15) is 0 Å². The zero-order chi connectivity index (χ0) is 13.1. The molecular weight excluding hydrogens is 226 g/mol. The Morgan fingerprint density at radius 1 is 1.56 bits per heavy atom. The maximum Gasteiger partial charge on any atom is 0.253 e. The van der Waals surface area contributed by atoms with Gasteiger partial charge >= 0.3 is 0 Å². The third kappa shape index (κ3) is 2.47. The van der Waals surface area contributed by atoms with Gasteiger partial charge < -0.3 is 11.1 Å². The normalized spacial score (nSPS) is 27.1. The number of hydrogen-bond donors (Lipinski definition) is 2. The summed E-state index contributed by atoms with van der Waals surface area (Å²) in [7, 11) is 0. The lowest BCUT2D eigenvalue weighted by atomic mass is 9.93. The summed E-state index contributed by atoms with van der Waals surface area (Å²) in [4.78, 5) is 16.0. The minimum absolute atomic E-state index is 0.0801. The number of nitrogen functional groups attached to an aromatic ring is 1. The van der Waals surface area contributed by atoms with E-state index in [1.807, 2.05) is 0 Å². The van der Waals surface area contributed by atoms with E-state index >= 15 is 0 Å². The number of rotatable bonds is 3. The van der Waals surface area contributed by atoms with E-state index in [1.54, 1.807) is 12.3 Å². The number of aromatic nitrogens is 1. The van der Waals surface area contributed by atoms with Gasteiger partial charge in [0.1, 0.15) is 0 Å². The molecule has 1 aromatic rings. The summed E-state index contributed by atoms with van der Waals surface area (Å²) in [6.07, 6.45) is 6.57. The Morgan fingerprint density at radius 2 is 2.33 bits per heavy atom. The third-order valence-electron chi connectivity index (χ3n) is 4.16. The predicted octanol–water partition coefficient (Wildman–Crippen LogP) is 2.22. The van der Waals surface area contributed by atoms with E-state index in [4.69, 9.17) is 5.73 Å². The fourth-order valence-electron chi connectivity index (χ4n) is 2.89. The standard InChI is InChI=1S/C14H21N3O/c1-3-10-4-5-13(9(10)2)17-14(18)11-6-7-16-8-12(11)15/h6-10,13H,3-5,15H2,1-2H3,(H,17,18). The number of nitrogens with zero attached hydrogens (tertiary/aromatic N) is 1. The van der Waals surface area contributed by atoms with Crippen LogP contribution in [-0.2, 0) is 0 Å². The fourth-order valence-corrected chi connectivity index (χ4v) is 2.89. The lowest BCUT2D eigenvalue weighted by Crippen LogP contribution is -2.37. The maximum atomic E-state index is 12.1. The van der Waals surface area contributed by atoms with Gasteiger partial charge in [0.25, 0.3) is 5.91 Å².